The van der Waals surface area contributed by atoms with Crippen molar-refractivity contribution >= 4 is 23.6 Å². The fourth-order valence-electron chi connectivity index (χ4n) is 1.55. The molecular weight excluding hydrogens is 222 g/mol. The van der Waals surface area contributed by atoms with Crippen molar-refractivity contribution in [3.63, 3.8) is 0 Å². The van der Waals surface area contributed by atoms with Gasteiger partial charge in [-0.05, 0) is 19.3 Å². The Morgan fingerprint density at radius 3 is 2.18 bits per heavy atom. The molecule has 7 nitrogen and oxygen atoms in total. The van der Waals surface area contributed by atoms with Gasteiger partial charge in [0.15, 0.2) is 0 Å². The zero-order valence-electron chi connectivity index (χ0n) is 9.52. The molecule has 1 heterocycles. The summed E-state index contributed by atoms with van der Waals surface area (Å²) in [5.41, 5.74) is 17.4. The molecule has 0 amide bonds. The van der Waals surface area contributed by atoms with Gasteiger partial charge in [0, 0.05) is 12.0 Å². The van der Waals surface area contributed by atoms with Gasteiger partial charge in [-0.15, -0.1) is 0 Å². The van der Waals surface area contributed by atoms with Crippen molar-refractivity contribution in [3.8, 4) is 0 Å². The van der Waals surface area contributed by atoms with Crippen LogP contribution in [0.15, 0.2) is 0 Å². The number of nitrogen functional groups attached to an aromatic ring is 3. The number of aromatic nitrogens is 2. The Morgan fingerprint density at radius 2 is 1.65 bits per heavy atom. The molecular formula is C10H17N5O2. The molecule has 94 valence electrons. The van der Waals surface area contributed by atoms with E-state index in [1.165, 1.54) is 0 Å². The van der Waals surface area contributed by atoms with E-state index in [1.54, 1.807) is 0 Å². The Kier molecular flexibility index (Phi) is 4.50. The molecule has 7 heteroatoms. The Balaban J connectivity index is 2.44. The Hall–Kier alpha value is -2.05. The summed E-state index contributed by atoms with van der Waals surface area (Å²) in [6, 6.07) is 0. The summed E-state index contributed by atoms with van der Waals surface area (Å²) >= 11 is 0. The standard InChI is InChI=1S/C10H17N5O2/c11-8-6(9(12)15-10(13)14-8)4-2-1-3-5-7(16)17/h1-5H2,(H,16,17)(H6,11,12,13,14,15). The first-order valence-electron chi connectivity index (χ1n) is 5.40. The number of carboxylic acids is 1. The second-order valence-corrected chi connectivity index (χ2v) is 3.79. The molecule has 0 bridgehead atoms. The van der Waals surface area contributed by atoms with Gasteiger partial charge in [0.2, 0.25) is 5.95 Å². The molecule has 0 aromatic carbocycles. The molecule has 0 radical (unpaired) electrons. The molecule has 1 aromatic rings. The Morgan fingerprint density at radius 1 is 1.06 bits per heavy atom. The monoisotopic (exact) mass is 239 g/mol. The summed E-state index contributed by atoms with van der Waals surface area (Å²) in [4.78, 5) is 18.0. The zero-order valence-corrected chi connectivity index (χ0v) is 9.52. The lowest BCUT2D eigenvalue weighted by Gasteiger charge is -2.07. The highest BCUT2D eigenvalue weighted by atomic mass is 16.4. The van der Waals surface area contributed by atoms with Crippen molar-refractivity contribution in [1.29, 1.82) is 0 Å². The van der Waals surface area contributed by atoms with Crippen LogP contribution >= 0.6 is 0 Å². The fraction of sp³-hybridized carbons (Fsp3) is 0.500. The van der Waals surface area contributed by atoms with Gasteiger partial charge in [0.25, 0.3) is 0 Å². The summed E-state index contributed by atoms with van der Waals surface area (Å²) in [6.07, 6.45) is 3.07. The van der Waals surface area contributed by atoms with E-state index >= 15 is 0 Å². The zero-order chi connectivity index (χ0) is 12.8. The summed E-state index contributed by atoms with van der Waals surface area (Å²) in [5.74, 6) is -0.115. The predicted molar refractivity (Wildman–Crippen MR) is 65.1 cm³/mol. The minimum absolute atomic E-state index is 0.0645. The Labute approximate surface area is 99.0 Å². The molecule has 0 atom stereocenters. The highest BCUT2D eigenvalue weighted by molar-refractivity contribution is 5.66. The number of aliphatic carboxylic acids is 1. The number of carbonyl (C=O) groups is 1. The lowest BCUT2D eigenvalue weighted by Crippen LogP contribution is -2.08. The number of rotatable bonds is 6. The third kappa shape index (κ3) is 4.13. The van der Waals surface area contributed by atoms with Gasteiger partial charge in [-0.2, -0.15) is 9.97 Å². The number of anilines is 3. The van der Waals surface area contributed by atoms with E-state index < -0.39 is 5.97 Å². The molecule has 0 aliphatic carbocycles. The van der Waals surface area contributed by atoms with Crippen LogP contribution in [0.3, 0.4) is 0 Å². The van der Waals surface area contributed by atoms with Crippen LogP contribution in [0.25, 0.3) is 0 Å². The SMILES string of the molecule is Nc1nc(N)c(CCCCCC(=O)O)c(N)n1. The third-order valence-corrected chi connectivity index (χ3v) is 2.41. The molecule has 0 aliphatic heterocycles. The van der Waals surface area contributed by atoms with E-state index in [-0.39, 0.29) is 12.4 Å². The second kappa shape index (κ2) is 5.88. The molecule has 1 rings (SSSR count). The highest BCUT2D eigenvalue weighted by Gasteiger charge is 2.08. The van der Waals surface area contributed by atoms with E-state index in [2.05, 4.69) is 9.97 Å². The maximum absolute atomic E-state index is 10.3. The van der Waals surface area contributed by atoms with Crippen LogP contribution in [0.2, 0.25) is 0 Å². The average molecular weight is 239 g/mol. The van der Waals surface area contributed by atoms with E-state index in [1.807, 2.05) is 0 Å². The van der Waals surface area contributed by atoms with Gasteiger partial charge in [-0.1, -0.05) is 6.42 Å². The molecule has 0 spiro atoms. The van der Waals surface area contributed by atoms with E-state index in [4.69, 9.17) is 22.3 Å². The number of nitrogens with two attached hydrogens (primary N) is 3. The first-order chi connectivity index (χ1) is 8.00. The van der Waals surface area contributed by atoms with Crippen molar-refractivity contribution in [1.82, 2.24) is 9.97 Å². The molecule has 17 heavy (non-hydrogen) atoms. The maximum Gasteiger partial charge on any atom is 0.303 e. The average Bonchev–Trinajstić information content (AvgIpc) is 2.20. The minimum atomic E-state index is -0.778. The van der Waals surface area contributed by atoms with Crippen LogP contribution in [0.4, 0.5) is 17.6 Å². The molecule has 1 aromatic heterocycles. The van der Waals surface area contributed by atoms with E-state index in [9.17, 15) is 4.79 Å². The fourth-order valence-corrected chi connectivity index (χ4v) is 1.55. The number of hydrogen-bond donors (Lipinski definition) is 4. The highest BCUT2D eigenvalue weighted by Crippen LogP contribution is 2.19. The first-order valence-corrected chi connectivity index (χ1v) is 5.40. The van der Waals surface area contributed by atoms with Gasteiger partial charge in [0.1, 0.15) is 11.6 Å². The van der Waals surface area contributed by atoms with Crippen LogP contribution < -0.4 is 17.2 Å². The van der Waals surface area contributed by atoms with Gasteiger partial charge in [-0.25, -0.2) is 0 Å². The number of hydrogen-bond acceptors (Lipinski definition) is 6. The van der Waals surface area contributed by atoms with Crippen LogP contribution in [0.5, 0.6) is 0 Å². The van der Waals surface area contributed by atoms with Crippen LogP contribution in [-0.4, -0.2) is 21.0 Å². The number of unbranched alkanes of at least 4 members (excludes halogenated alkanes) is 2. The van der Waals surface area contributed by atoms with Crippen LogP contribution in [0, 0.1) is 0 Å². The van der Waals surface area contributed by atoms with Gasteiger partial charge < -0.3 is 22.3 Å². The summed E-state index contributed by atoms with van der Waals surface area (Å²) in [5, 5.41) is 8.47. The predicted octanol–water partition coefficient (Wildman–Crippen LogP) is 0.411. The Bertz CT molecular complexity index is 385. The lowest BCUT2D eigenvalue weighted by molar-refractivity contribution is -0.137. The van der Waals surface area contributed by atoms with Gasteiger partial charge in [-0.3, -0.25) is 4.79 Å². The summed E-state index contributed by atoms with van der Waals surface area (Å²) in [7, 11) is 0. The summed E-state index contributed by atoms with van der Waals surface area (Å²) < 4.78 is 0. The number of nitrogens with zero attached hydrogens (tertiary/aromatic N) is 2. The van der Waals surface area contributed by atoms with E-state index in [0.29, 0.717) is 30.0 Å². The minimum Gasteiger partial charge on any atom is -0.481 e. The third-order valence-electron chi connectivity index (χ3n) is 2.41. The topological polar surface area (TPSA) is 141 Å². The van der Waals surface area contributed by atoms with Crippen LogP contribution in [0.1, 0.15) is 31.2 Å². The quantitative estimate of drug-likeness (QED) is 0.527. The van der Waals surface area contributed by atoms with Crippen LogP contribution in [-0.2, 0) is 11.2 Å². The maximum atomic E-state index is 10.3. The van der Waals surface area contributed by atoms with Gasteiger partial charge in [0.05, 0.1) is 0 Å². The largest absolute Gasteiger partial charge is 0.481 e. The molecule has 0 saturated carbocycles. The smallest absolute Gasteiger partial charge is 0.303 e. The van der Waals surface area contributed by atoms with Crippen molar-refractivity contribution in [2.24, 2.45) is 0 Å². The molecule has 7 N–H and O–H groups in total. The summed E-state index contributed by atoms with van der Waals surface area (Å²) in [6.45, 7) is 0. The van der Waals surface area contributed by atoms with Crippen molar-refractivity contribution < 1.29 is 9.90 Å². The second-order valence-electron chi connectivity index (χ2n) is 3.79. The normalized spacial score (nSPS) is 10.4. The van der Waals surface area contributed by atoms with Gasteiger partial charge >= 0.3 is 5.97 Å². The molecule has 0 saturated heterocycles. The molecule has 0 aliphatic rings. The molecule has 0 fully saturated rings. The first kappa shape index (κ1) is 13.0. The van der Waals surface area contributed by atoms with Crippen molar-refractivity contribution in [2.45, 2.75) is 32.1 Å². The van der Waals surface area contributed by atoms with Crippen molar-refractivity contribution in [2.75, 3.05) is 17.2 Å². The number of carboxylic acid groups (broad SMARTS) is 1. The lowest BCUT2D eigenvalue weighted by atomic mass is 10.1. The van der Waals surface area contributed by atoms with E-state index in [0.717, 1.165) is 12.8 Å². The van der Waals surface area contributed by atoms with Crippen molar-refractivity contribution in [3.05, 3.63) is 5.56 Å². The molecule has 0 unspecified atom stereocenters.